The van der Waals surface area contributed by atoms with E-state index in [4.69, 9.17) is 0 Å². The van der Waals surface area contributed by atoms with Gasteiger partial charge in [0.15, 0.2) is 0 Å². The molecule has 5 aromatic carbocycles. The van der Waals surface area contributed by atoms with Crippen molar-refractivity contribution in [2.24, 2.45) is 0 Å². The highest BCUT2D eigenvalue weighted by Gasteiger charge is 2.17. The van der Waals surface area contributed by atoms with Crippen molar-refractivity contribution in [2.75, 3.05) is 0 Å². The summed E-state index contributed by atoms with van der Waals surface area (Å²) < 4.78 is 33.8. The van der Waals surface area contributed by atoms with Gasteiger partial charge in [-0.25, -0.2) is 0 Å². The molecule has 0 atom stereocenters. The number of hydrogen-bond acceptors (Lipinski definition) is 2. The van der Waals surface area contributed by atoms with Crippen LogP contribution in [0.2, 0.25) is 0 Å². The molecule has 0 spiro atoms. The van der Waals surface area contributed by atoms with E-state index in [-0.39, 0.29) is 10.3 Å². The highest BCUT2D eigenvalue weighted by molar-refractivity contribution is 14.1. The Kier molecular flexibility index (Phi) is 5.70. The Labute approximate surface area is 196 Å². The maximum absolute atomic E-state index is 11.5. The number of halogens is 1. The first-order valence-corrected chi connectivity index (χ1v) is 12.5. The molecule has 0 aliphatic rings. The van der Waals surface area contributed by atoms with E-state index >= 15 is 0 Å². The van der Waals surface area contributed by atoms with Gasteiger partial charge in [-0.1, -0.05) is 81.4 Å². The summed E-state index contributed by atoms with van der Waals surface area (Å²) in [7, 11) is -4.23. The Morgan fingerprint density at radius 2 is 1.23 bits per heavy atom. The summed E-state index contributed by atoms with van der Waals surface area (Å²) in [6, 6.07) is 25.5. The highest BCUT2D eigenvalue weighted by Crippen LogP contribution is 2.37. The van der Waals surface area contributed by atoms with Crippen LogP contribution in [0.5, 0.6) is 0 Å². The largest absolute Gasteiger partial charge is 0.295 e. The molecule has 3 nitrogen and oxygen atoms in total. The lowest BCUT2D eigenvalue weighted by Gasteiger charge is -2.18. The second kappa shape index (κ2) is 8.04. The molecule has 0 saturated heterocycles. The summed E-state index contributed by atoms with van der Waals surface area (Å²) in [5.74, 6) is 0. The van der Waals surface area contributed by atoms with Crippen molar-refractivity contribution in [1.82, 2.24) is 0 Å². The first-order chi connectivity index (χ1) is 14.6. The van der Waals surface area contributed by atoms with Crippen molar-refractivity contribution in [3.8, 4) is 0 Å². The zero-order valence-electron chi connectivity index (χ0n) is 17.6. The first kappa shape index (κ1) is 22.0. The van der Waals surface area contributed by atoms with Crippen LogP contribution in [0.3, 0.4) is 0 Å². The van der Waals surface area contributed by atoms with Crippen LogP contribution in [0.1, 0.15) is 26.3 Å². The van der Waals surface area contributed by atoms with E-state index in [1.165, 1.54) is 15.2 Å². The molecule has 1 N–H and O–H groups in total. The molecular formula is C26H23IO3S. The van der Waals surface area contributed by atoms with Crippen molar-refractivity contribution in [2.45, 2.75) is 31.1 Å². The fraction of sp³-hybridized carbons (Fsp3) is 0.154. The van der Waals surface area contributed by atoms with Crippen molar-refractivity contribution in [3.63, 3.8) is 0 Å². The van der Waals surface area contributed by atoms with E-state index in [1.807, 2.05) is 36.4 Å². The normalized spacial score (nSPS) is 12.3. The van der Waals surface area contributed by atoms with Gasteiger partial charge in [-0.2, -0.15) is 8.42 Å². The van der Waals surface area contributed by atoms with Gasteiger partial charge in [0.1, 0.15) is 4.90 Å². The lowest BCUT2D eigenvalue weighted by Crippen LogP contribution is -2.10. The third-order valence-corrected chi connectivity index (χ3v) is 7.11. The minimum Gasteiger partial charge on any atom is -0.282 e. The van der Waals surface area contributed by atoms with Gasteiger partial charge in [-0.05, 0) is 78.7 Å². The second-order valence-electron chi connectivity index (χ2n) is 8.65. The lowest BCUT2D eigenvalue weighted by atomic mass is 9.87. The Bertz CT molecular complexity index is 1470. The fourth-order valence-electron chi connectivity index (χ4n) is 3.88. The van der Waals surface area contributed by atoms with Gasteiger partial charge in [0.2, 0.25) is 0 Å². The Balaban J connectivity index is 0.000000180. The summed E-state index contributed by atoms with van der Waals surface area (Å²) in [5.41, 5.74) is 1.68. The Morgan fingerprint density at radius 3 is 1.77 bits per heavy atom. The zero-order chi connectivity index (χ0) is 22.4. The van der Waals surface area contributed by atoms with Crippen LogP contribution in [0.4, 0.5) is 0 Å². The number of rotatable bonds is 1. The van der Waals surface area contributed by atoms with Gasteiger partial charge in [0.05, 0.1) is 0 Å². The van der Waals surface area contributed by atoms with Crippen LogP contribution in [0, 0.1) is 3.57 Å². The first-order valence-electron chi connectivity index (χ1n) is 9.96. The van der Waals surface area contributed by atoms with Gasteiger partial charge in [-0.15, -0.1) is 0 Å². The van der Waals surface area contributed by atoms with Crippen LogP contribution < -0.4 is 0 Å². The smallest absolute Gasteiger partial charge is 0.282 e. The lowest BCUT2D eigenvalue weighted by molar-refractivity contribution is 0.484. The van der Waals surface area contributed by atoms with Gasteiger partial charge in [0, 0.05) is 8.96 Å². The van der Waals surface area contributed by atoms with Crippen molar-refractivity contribution < 1.29 is 13.0 Å². The monoisotopic (exact) mass is 542 g/mol. The van der Waals surface area contributed by atoms with Crippen LogP contribution in [0.25, 0.3) is 32.3 Å². The molecule has 0 aliphatic carbocycles. The van der Waals surface area contributed by atoms with Gasteiger partial charge in [0.25, 0.3) is 10.1 Å². The van der Waals surface area contributed by atoms with Crippen molar-refractivity contribution in [1.29, 1.82) is 0 Å². The average molecular weight is 542 g/mol. The van der Waals surface area contributed by atoms with Crippen LogP contribution in [-0.2, 0) is 15.5 Å². The summed E-state index contributed by atoms with van der Waals surface area (Å²) in [6.07, 6.45) is 0. The van der Waals surface area contributed by atoms with Crippen LogP contribution in [-0.4, -0.2) is 13.0 Å². The van der Waals surface area contributed by atoms with Crippen molar-refractivity contribution in [3.05, 3.63) is 88.0 Å². The minimum atomic E-state index is -4.23. The van der Waals surface area contributed by atoms with E-state index in [1.54, 1.807) is 12.1 Å². The fourth-order valence-corrected chi connectivity index (χ4v) is 4.93. The Hall–Kier alpha value is -2.22. The maximum atomic E-state index is 11.5. The molecule has 0 bridgehead atoms. The molecular weight excluding hydrogens is 519 g/mol. The molecule has 0 radical (unpaired) electrons. The molecule has 0 amide bonds. The standard InChI is InChI=1S/C16H10O3S.C10H13I/c17-20(18,19)14-9-7-12-5-4-10-2-1-3-11-6-8-13(14)16(12)15(10)11;1-10(2,3)8-4-6-9(11)7-5-8/h1-9H,(H,17,18,19);4-7H,1-3H3. The Morgan fingerprint density at radius 1 is 0.710 bits per heavy atom. The predicted octanol–water partition coefficient (Wildman–Crippen LogP) is 7.42. The second-order valence-corrected chi connectivity index (χ2v) is 11.3. The molecule has 0 saturated carbocycles. The van der Waals surface area contributed by atoms with Gasteiger partial charge < -0.3 is 0 Å². The predicted molar refractivity (Wildman–Crippen MR) is 138 cm³/mol. The van der Waals surface area contributed by atoms with Crippen LogP contribution >= 0.6 is 22.6 Å². The molecule has 0 aromatic heterocycles. The minimum absolute atomic E-state index is 0.0387. The highest BCUT2D eigenvalue weighted by atomic mass is 127. The molecule has 31 heavy (non-hydrogen) atoms. The molecule has 158 valence electrons. The van der Waals surface area contributed by atoms with E-state index in [9.17, 15) is 13.0 Å². The van der Waals surface area contributed by atoms with Crippen LogP contribution in [0.15, 0.2) is 83.8 Å². The number of hydrogen-bond donors (Lipinski definition) is 1. The SMILES string of the molecule is CC(C)(C)c1ccc(I)cc1.O=S(=O)(O)c1ccc2ccc3cccc4ccc1c2c34. The third kappa shape index (κ3) is 4.40. The average Bonchev–Trinajstić information content (AvgIpc) is 2.71. The number of benzene rings is 5. The topological polar surface area (TPSA) is 54.4 Å². The molecule has 0 fully saturated rings. The molecule has 0 unspecified atom stereocenters. The third-order valence-electron chi connectivity index (χ3n) is 5.48. The van der Waals surface area contributed by atoms with Gasteiger partial charge >= 0.3 is 0 Å². The quantitative estimate of drug-likeness (QED) is 0.136. The molecule has 5 heteroatoms. The summed E-state index contributed by atoms with van der Waals surface area (Å²) in [6.45, 7) is 6.69. The van der Waals surface area contributed by atoms with E-state index in [0.29, 0.717) is 5.39 Å². The maximum Gasteiger partial charge on any atom is 0.295 e. The summed E-state index contributed by atoms with van der Waals surface area (Å²) in [4.78, 5) is -0.0387. The molecule has 0 heterocycles. The zero-order valence-corrected chi connectivity index (χ0v) is 20.5. The molecule has 5 rings (SSSR count). The van der Waals surface area contributed by atoms with Gasteiger partial charge in [-0.3, -0.25) is 4.55 Å². The van der Waals surface area contributed by atoms with E-state index in [0.717, 1.165) is 26.9 Å². The van der Waals surface area contributed by atoms with E-state index in [2.05, 4.69) is 67.6 Å². The summed E-state index contributed by atoms with van der Waals surface area (Å²) >= 11 is 2.32. The molecule has 0 aliphatic heterocycles. The molecule has 5 aromatic rings. The van der Waals surface area contributed by atoms with Crippen molar-refractivity contribution >= 4 is 65.0 Å². The van der Waals surface area contributed by atoms with E-state index < -0.39 is 10.1 Å². The summed E-state index contributed by atoms with van der Waals surface area (Å²) in [5, 5.41) is 5.58.